The van der Waals surface area contributed by atoms with Gasteiger partial charge in [-0.2, -0.15) is 0 Å². The van der Waals surface area contributed by atoms with Gasteiger partial charge in [0.15, 0.2) is 6.10 Å². The van der Waals surface area contributed by atoms with Gasteiger partial charge in [0.05, 0.1) is 6.04 Å². The maximum absolute atomic E-state index is 13.0. The van der Waals surface area contributed by atoms with Crippen molar-refractivity contribution in [2.24, 2.45) is 5.92 Å². The number of ether oxygens (including phenoxy) is 1. The molecule has 1 unspecified atom stereocenters. The van der Waals surface area contributed by atoms with E-state index in [1.165, 1.54) is 0 Å². The van der Waals surface area contributed by atoms with E-state index in [-0.39, 0.29) is 17.9 Å². The fourth-order valence-electron chi connectivity index (χ4n) is 2.82. The Labute approximate surface area is 167 Å². The van der Waals surface area contributed by atoms with Crippen molar-refractivity contribution in [1.82, 2.24) is 10.6 Å². The summed E-state index contributed by atoms with van der Waals surface area (Å²) in [7, 11) is 0. The van der Waals surface area contributed by atoms with Crippen LogP contribution in [-0.4, -0.2) is 23.6 Å². The molecule has 0 saturated heterocycles. The summed E-state index contributed by atoms with van der Waals surface area (Å²) < 4.78 is 5.46. The molecule has 0 aromatic heterocycles. The third kappa shape index (κ3) is 6.41. The Morgan fingerprint density at radius 3 is 1.71 bits per heavy atom. The second kappa shape index (κ2) is 9.40. The molecule has 0 heterocycles. The van der Waals surface area contributed by atoms with Crippen molar-refractivity contribution in [3.63, 3.8) is 0 Å². The van der Waals surface area contributed by atoms with E-state index in [1.54, 1.807) is 0 Å². The number of rotatable bonds is 6. The van der Waals surface area contributed by atoms with Crippen LogP contribution in [0.15, 0.2) is 60.7 Å². The minimum atomic E-state index is -0.891. The standard InChI is InChI=1S/C23H30N2O3/c1-16(2)20(28-22(27)25-23(3,4)5)21(26)24-19(17-12-8-6-9-13-17)18-14-10-7-11-15-18/h6-16,19-20H,1-5H3,(H,24,26)(H,25,27). The molecular formula is C23H30N2O3. The Morgan fingerprint density at radius 2 is 1.32 bits per heavy atom. The molecular weight excluding hydrogens is 352 g/mol. The predicted molar refractivity (Wildman–Crippen MR) is 111 cm³/mol. The first-order valence-electron chi connectivity index (χ1n) is 9.56. The molecule has 0 bridgehead atoms. The first-order chi connectivity index (χ1) is 13.2. The van der Waals surface area contributed by atoms with E-state index in [0.717, 1.165) is 11.1 Å². The highest BCUT2D eigenvalue weighted by atomic mass is 16.6. The Bertz CT molecular complexity index is 728. The van der Waals surface area contributed by atoms with Crippen LogP contribution < -0.4 is 10.6 Å². The van der Waals surface area contributed by atoms with Gasteiger partial charge < -0.3 is 15.4 Å². The van der Waals surface area contributed by atoms with Crippen molar-refractivity contribution in [2.45, 2.75) is 52.3 Å². The summed E-state index contributed by atoms with van der Waals surface area (Å²) in [6.45, 7) is 9.29. The molecule has 0 aliphatic carbocycles. The SMILES string of the molecule is CC(C)C(OC(=O)NC(C)(C)C)C(=O)NC(c1ccccc1)c1ccccc1. The average molecular weight is 383 g/mol. The molecule has 0 spiro atoms. The van der Waals surface area contributed by atoms with Crippen molar-refractivity contribution in [3.05, 3.63) is 71.8 Å². The molecule has 28 heavy (non-hydrogen) atoms. The molecule has 1 atom stereocenters. The third-order valence-corrected chi connectivity index (χ3v) is 4.13. The van der Waals surface area contributed by atoms with Crippen LogP contribution >= 0.6 is 0 Å². The maximum atomic E-state index is 13.0. The molecule has 150 valence electrons. The zero-order valence-electron chi connectivity index (χ0n) is 17.2. The van der Waals surface area contributed by atoms with Gasteiger partial charge in [0.25, 0.3) is 5.91 Å². The normalized spacial score (nSPS) is 12.5. The van der Waals surface area contributed by atoms with Crippen LogP contribution in [0.3, 0.4) is 0 Å². The summed E-state index contributed by atoms with van der Waals surface area (Å²) >= 11 is 0. The summed E-state index contributed by atoms with van der Waals surface area (Å²) in [4.78, 5) is 25.2. The van der Waals surface area contributed by atoms with E-state index in [2.05, 4.69) is 10.6 Å². The summed E-state index contributed by atoms with van der Waals surface area (Å²) in [6.07, 6.45) is -1.49. The number of carbonyl (C=O) groups is 2. The fraction of sp³-hybridized carbons (Fsp3) is 0.391. The van der Waals surface area contributed by atoms with Crippen LogP contribution in [0.5, 0.6) is 0 Å². The molecule has 0 fully saturated rings. The van der Waals surface area contributed by atoms with Crippen molar-refractivity contribution >= 4 is 12.0 Å². The molecule has 5 nitrogen and oxygen atoms in total. The van der Waals surface area contributed by atoms with E-state index < -0.39 is 17.7 Å². The molecule has 2 rings (SSSR count). The zero-order valence-corrected chi connectivity index (χ0v) is 17.2. The van der Waals surface area contributed by atoms with Crippen LogP contribution in [0.1, 0.15) is 51.8 Å². The minimum Gasteiger partial charge on any atom is -0.436 e. The van der Waals surface area contributed by atoms with Gasteiger partial charge in [-0.3, -0.25) is 4.79 Å². The van der Waals surface area contributed by atoms with Crippen molar-refractivity contribution in [2.75, 3.05) is 0 Å². The van der Waals surface area contributed by atoms with Gasteiger partial charge in [0.2, 0.25) is 0 Å². The Hall–Kier alpha value is -2.82. The summed E-state index contributed by atoms with van der Waals surface area (Å²) in [5.41, 5.74) is 1.48. The first kappa shape index (κ1) is 21.5. The van der Waals surface area contributed by atoms with Crippen LogP contribution in [0.4, 0.5) is 4.79 Å². The average Bonchev–Trinajstić information content (AvgIpc) is 2.63. The largest absolute Gasteiger partial charge is 0.436 e. The summed E-state index contributed by atoms with van der Waals surface area (Å²) in [5, 5.41) is 5.79. The fourth-order valence-corrected chi connectivity index (χ4v) is 2.82. The van der Waals surface area contributed by atoms with E-state index in [0.29, 0.717) is 0 Å². The van der Waals surface area contributed by atoms with Crippen LogP contribution in [0.2, 0.25) is 0 Å². The number of alkyl carbamates (subject to hydrolysis) is 1. The lowest BCUT2D eigenvalue weighted by Gasteiger charge is -2.27. The van der Waals surface area contributed by atoms with Gasteiger partial charge >= 0.3 is 6.09 Å². The molecule has 0 radical (unpaired) electrons. The number of hydrogen-bond donors (Lipinski definition) is 2. The molecule has 0 saturated carbocycles. The molecule has 0 aliphatic heterocycles. The Morgan fingerprint density at radius 1 is 0.857 bits per heavy atom. The first-order valence-corrected chi connectivity index (χ1v) is 9.56. The molecule has 2 aromatic rings. The quantitative estimate of drug-likeness (QED) is 0.776. The topological polar surface area (TPSA) is 67.4 Å². The zero-order chi connectivity index (χ0) is 20.7. The van der Waals surface area contributed by atoms with E-state index in [9.17, 15) is 9.59 Å². The highest BCUT2D eigenvalue weighted by molar-refractivity contribution is 5.84. The van der Waals surface area contributed by atoms with Crippen molar-refractivity contribution in [3.8, 4) is 0 Å². The minimum absolute atomic E-state index is 0.169. The van der Waals surface area contributed by atoms with Gasteiger partial charge in [-0.25, -0.2) is 4.79 Å². The van der Waals surface area contributed by atoms with Gasteiger partial charge in [-0.15, -0.1) is 0 Å². The number of carbonyl (C=O) groups excluding carboxylic acids is 2. The second-order valence-corrected chi connectivity index (χ2v) is 8.21. The highest BCUT2D eigenvalue weighted by Crippen LogP contribution is 2.22. The number of amides is 2. The monoisotopic (exact) mass is 382 g/mol. The second-order valence-electron chi connectivity index (χ2n) is 8.21. The third-order valence-electron chi connectivity index (χ3n) is 4.13. The van der Waals surface area contributed by atoms with Gasteiger partial charge in [0.1, 0.15) is 0 Å². The van der Waals surface area contributed by atoms with E-state index >= 15 is 0 Å². The van der Waals surface area contributed by atoms with Crippen molar-refractivity contribution in [1.29, 1.82) is 0 Å². The van der Waals surface area contributed by atoms with Crippen LogP contribution in [0, 0.1) is 5.92 Å². The van der Waals surface area contributed by atoms with Crippen LogP contribution in [-0.2, 0) is 9.53 Å². The number of hydrogen-bond acceptors (Lipinski definition) is 3. The summed E-state index contributed by atoms with van der Waals surface area (Å²) in [5.74, 6) is -0.491. The summed E-state index contributed by atoms with van der Waals surface area (Å²) in [6, 6.07) is 19.2. The van der Waals surface area contributed by atoms with Crippen molar-refractivity contribution < 1.29 is 14.3 Å². The molecule has 0 aliphatic rings. The maximum Gasteiger partial charge on any atom is 0.408 e. The number of nitrogens with one attached hydrogen (secondary N) is 2. The Balaban J connectivity index is 2.21. The van der Waals surface area contributed by atoms with Gasteiger partial charge in [-0.05, 0) is 37.8 Å². The highest BCUT2D eigenvalue weighted by Gasteiger charge is 2.30. The number of benzene rings is 2. The van der Waals surface area contributed by atoms with E-state index in [1.807, 2.05) is 95.3 Å². The molecule has 5 heteroatoms. The lowest BCUT2D eigenvalue weighted by Crippen LogP contribution is -2.47. The predicted octanol–water partition coefficient (Wildman–Crippen LogP) is 4.44. The van der Waals surface area contributed by atoms with Gasteiger partial charge in [-0.1, -0.05) is 74.5 Å². The lowest BCUT2D eigenvalue weighted by molar-refractivity contribution is -0.132. The van der Waals surface area contributed by atoms with Gasteiger partial charge in [0, 0.05) is 5.54 Å². The van der Waals surface area contributed by atoms with Crippen LogP contribution in [0.25, 0.3) is 0 Å². The van der Waals surface area contributed by atoms with E-state index in [4.69, 9.17) is 4.74 Å². The molecule has 2 N–H and O–H groups in total. The smallest absolute Gasteiger partial charge is 0.408 e. The lowest BCUT2D eigenvalue weighted by atomic mass is 9.97. The molecule has 2 aromatic carbocycles. The Kier molecular flexibility index (Phi) is 7.21. The molecule has 2 amide bonds.